The van der Waals surface area contributed by atoms with E-state index in [9.17, 15) is 0 Å². The van der Waals surface area contributed by atoms with Gasteiger partial charge >= 0.3 is 0 Å². The lowest BCUT2D eigenvalue weighted by Crippen LogP contribution is -2.07. The molecule has 0 aliphatic carbocycles. The largest absolute Gasteiger partial charge is 0.478 e. The van der Waals surface area contributed by atoms with Crippen molar-refractivity contribution in [3.63, 3.8) is 0 Å². The molecule has 0 fully saturated rings. The lowest BCUT2D eigenvalue weighted by molar-refractivity contribution is 0.0916. The van der Waals surface area contributed by atoms with Crippen LogP contribution in [-0.4, -0.2) is 23.2 Å². The number of rotatable bonds is 7. The van der Waals surface area contributed by atoms with Crippen molar-refractivity contribution in [2.24, 2.45) is 5.92 Å². The summed E-state index contributed by atoms with van der Waals surface area (Å²) in [5, 5.41) is 0. The third-order valence-corrected chi connectivity index (χ3v) is 2.01. The molecule has 0 spiro atoms. The van der Waals surface area contributed by atoms with E-state index in [1.165, 1.54) is 0 Å². The van der Waals surface area contributed by atoms with E-state index in [-0.39, 0.29) is 0 Å². The van der Waals surface area contributed by atoms with Crippen molar-refractivity contribution in [2.75, 3.05) is 13.2 Å². The van der Waals surface area contributed by atoms with Gasteiger partial charge in [-0.1, -0.05) is 20.8 Å². The summed E-state index contributed by atoms with van der Waals surface area (Å²) < 4.78 is 11.0. The van der Waals surface area contributed by atoms with Crippen LogP contribution in [0.1, 0.15) is 38.7 Å². The molecule has 1 aromatic heterocycles. The molecule has 4 heteroatoms. The number of nitrogens with zero attached hydrogens (tertiary/aromatic N) is 2. The van der Waals surface area contributed by atoms with Gasteiger partial charge in [0.15, 0.2) is 5.82 Å². The van der Waals surface area contributed by atoms with Crippen LogP contribution in [0.15, 0.2) is 6.07 Å². The molecule has 17 heavy (non-hydrogen) atoms. The van der Waals surface area contributed by atoms with Gasteiger partial charge in [-0.2, -0.15) is 4.98 Å². The molecular weight excluding hydrogens is 216 g/mol. The van der Waals surface area contributed by atoms with Gasteiger partial charge < -0.3 is 9.47 Å². The minimum absolute atomic E-state index is 0.447. The molecule has 1 rings (SSSR count). The van der Waals surface area contributed by atoms with Gasteiger partial charge in [-0.15, -0.1) is 0 Å². The fourth-order valence-corrected chi connectivity index (χ4v) is 1.33. The van der Waals surface area contributed by atoms with Gasteiger partial charge in [-0.25, -0.2) is 4.98 Å². The molecule has 0 bridgehead atoms. The molecule has 0 saturated carbocycles. The van der Waals surface area contributed by atoms with Crippen molar-refractivity contribution in [2.45, 2.75) is 40.7 Å². The highest BCUT2D eigenvalue weighted by molar-refractivity contribution is 5.15. The molecule has 0 amide bonds. The quantitative estimate of drug-likeness (QED) is 0.732. The van der Waals surface area contributed by atoms with Gasteiger partial charge in [0.2, 0.25) is 5.88 Å². The average molecular weight is 238 g/mol. The second kappa shape index (κ2) is 7.22. The Balaban J connectivity index is 2.55. The average Bonchev–Trinajstić information content (AvgIpc) is 2.25. The zero-order chi connectivity index (χ0) is 12.7. The zero-order valence-electron chi connectivity index (χ0n) is 11.2. The minimum atomic E-state index is 0.447. The fraction of sp³-hybridized carbons (Fsp3) is 0.692. The Labute approximate surface area is 103 Å². The van der Waals surface area contributed by atoms with E-state index in [4.69, 9.17) is 9.47 Å². The summed E-state index contributed by atoms with van der Waals surface area (Å²) in [6.45, 7) is 10.1. The van der Waals surface area contributed by atoms with Crippen molar-refractivity contribution in [1.29, 1.82) is 0 Å². The van der Waals surface area contributed by atoms with Gasteiger partial charge in [0.1, 0.15) is 6.61 Å². The molecule has 0 aromatic carbocycles. The molecule has 4 nitrogen and oxygen atoms in total. The second-order valence-corrected chi connectivity index (χ2v) is 4.52. The molecule has 1 heterocycles. The highest BCUT2D eigenvalue weighted by Gasteiger charge is 2.04. The lowest BCUT2D eigenvalue weighted by atomic mass is 10.2. The Kier molecular flexibility index (Phi) is 5.91. The van der Waals surface area contributed by atoms with E-state index < -0.39 is 0 Å². The second-order valence-electron chi connectivity index (χ2n) is 4.52. The maximum absolute atomic E-state index is 5.52. The number of ether oxygens (including phenoxy) is 2. The predicted molar refractivity (Wildman–Crippen MR) is 67.0 cm³/mol. The van der Waals surface area contributed by atoms with E-state index in [0.29, 0.717) is 30.8 Å². The van der Waals surface area contributed by atoms with Crippen LogP contribution in [0.3, 0.4) is 0 Å². The zero-order valence-corrected chi connectivity index (χ0v) is 11.2. The first kappa shape index (κ1) is 13.9. The van der Waals surface area contributed by atoms with E-state index in [1.807, 2.05) is 13.0 Å². The molecule has 0 aliphatic heterocycles. The Morgan fingerprint density at radius 1 is 1.29 bits per heavy atom. The van der Waals surface area contributed by atoms with Gasteiger partial charge in [0.05, 0.1) is 6.61 Å². The topological polar surface area (TPSA) is 44.2 Å². The van der Waals surface area contributed by atoms with E-state index in [1.54, 1.807) is 0 Å². The molecule has 0 N–H and O–H groups in total. The van der Waals surface area contributed by atoms with Crippen LogP contribution in [0.2, 0.25) is 0 Å². The Hall–Kier alpha value is -1.16. The maximum Gasteiger partial charge on any atom is 0.216 e. The van der Waals surface area contributed by atoms with Crippen molar-refractivity contribution in [1.82, 2.24) is 9.97 Å². The first-order chi connectivity index (χ1) is 8.11. The summed E-state index contributed by atoms with van der Waals surface area (Å²) in [5.74, 6) is 1.86. The highest BCUT2D eigenvalue weighted by atomic mass is 16.5. The van der Waals surface area contributed by atoms with Crippen LogP contribution >= 0.6 is 0 Å². The minimum Gasteiger partial charge on any atom is -0.478 e. The number of aromatic nitrogens is 2. The van der Waals surface area contributed by atoms with Crippen molar-refractivity contribution >= 4 is 0 Å². The maximum atomic E-state index is 5.52. The van der Waals surface area contributed by atoms with Gasteiger partial charge in [0, 0.05) is 18.4 Å². The lowest BCUT2D eigenvalue weighted by Gasteiger charge is -2.08. The van der Waals surface area contributed by atoms with Crippen LogP contribution < -0.4 is 4.74 Å². The van der Waals surface area contributed by atoms with Crippen molar-refractivity contribution in [3.8, 4) is 5.88 Å². The molecule has 1 aromatic rings. The summed E-state index contributed by atoms with van der Waals surface area (Å²) in [5.41, 5.74) is 0.911. The van der Waals surface area contributed by atoms with Gasteiger partial charge in [-0.05, 0) is 19.3 Å². The fourth-order valence-electron chi connectivity index (χ4n) is 1.33. The van der Waals surface area contributed by atoms with Gasteiger partial charge in [-0.3, -0.25) is 0 Å². The first-order valence-electron chi connectivity index (χ1n) is 6.17. The summed E-state index contributed by atoms with van der Waals surface area (Å²) in [4.78, 5) is 8.63. The molecular formula is C13H22N2O2. The van der Waals surface area contributed by atoms with E-state index in [2.05, 4.69) is 30.7 Å². The van der Waals surface area contributed by atoms with Crippen LogP contribution in [0.4, 0.5) is 0 Å². The van der Waals surface area contributed by atoms with Crippen molar-refractivity contribution < 1.29 is 9.47 Å². The smallest absolute Gasteiger partial charge is 0.216 e. The third-order valence-electron chi connectivity index (χ3n) is 2.01. The molecule has 0 radical (unpaired) electrons. The first-order valence-corrected chi connectivity index (χ1v) is 6.17. The molecule has 0 atom stereocenters. The summed E-state index contributed by atoms with van der Waals surface area (Å²) in [6, 6.07) is 1.85. The van der Waals surface area contributed by atoms with E-state index >= 15 is 0 Å². The summed E-state index contributed by atoms with van der Waals surface area (Å²) >= 11 is 0. The Bertz CT molecular complexity index is 340. The Morgan fingerprint density at radius 3 is 2.71 bits per heavy atom. The molecule has 0 unspecified atom stereocenters. The third kappa shape index (κ3) is 5.63. The van der Waals surface area contributed by atoms with E-state index in [0.717, 1.165) is 18.7 Å². The molecule has 0 aliphatic rings. The van der Waals surface area contributed by atoms with Crippen LogP contribution in [0.25, 0.3) is 0 Å². The summed E-state index contributed by atoms with van der Waals surface area (Å²) in [7, 11) is 0. The van der Waals surface area contributed by atoms with Crippen LogP contribution in [-0.2, 0) is 11.3 Å². The van der Waals surface area contributed by atoms with Crippen LogP contribution in [0, 0.1) is 12.8 Å². The molecule has 0 saturated heterocycles. The molecule has 96 valence electrons. The monoisotopic (exact) mass is 238 g/mol. The van der Waals surface area contributed by atoms with Crippen LogP contribution in [0.5, 0.6) is 5.88 Å². The summed E-state index contributed by atoms with van der Waals surface area (Å²) in [6.07, 6.45) is 0.974. The SMILES string of the molecule is CCCOc1cc(C)nc(COCC(C)C)n1. The standard InChI is InChI=1S/C13H22N2O2/c1-5-6-17-13-7-11(4)14-12(15-13)9-16-8-10(2)3/h7,10H,5-6,8-9H2,1-4H3. The highest BCUT2D eigenvalue weighted by Crippen LogP contribution is 2.10. The number of hydrogen-bond donors (Lipinski definition) is 0. The van der Waals surface area contributed by atoms with Gasteiger partial charge in [0.25, 0.3) is 0 Å². The predicted octanol–water partition coefficient (Wildman–Crippen LogP) is 2.75. The number of aryl methyl sites for hydroxylation is 1. The number of hydrogen-bond acceptors (Lipinski definition) is 4. The normalized spacial score (nSPS) is 10.9. The van der Waals surface area contributed by atoms with Crippen molar-refractivity contribution in [3.05, 3.63) is 17.6 Å². The Morgan fingerprint density at radius 2 is 2.06 bits per heavy atom.